The van der Waals surface area contributed by atoms with Gasteiger partial charge in [0.05, 0.1) is 0 Å². The van der Waals surface area contributed by atoms with Crippen LogP contribution in [0.25, 0.3) is 0 Å². The van der Waals surface area contributed by atoms with Gasteiger partial charge in [-0.2, -0.15) is 4.98 Å². The zero-order valence-electron chi connectivity index (χ0n) is 12.1. The molecule has 5 rings (SSSR count). The lowest BCUT2D eigenvalue weighted by atomic mass is 9.79. The number of piperidine rings is 3. The molecule has 1 saturated carbocycles. The zero-order chi connectivity index (χ0) is 15.7. The number of hydrogen-bond donors (Lipinski definition) is 2. The Morgan fingerprint density at radius 3 is 2.18 bits per heavy atom. The van der Waals surface area contributed by atoms with E-state index in [1.54, 1.807) is 0 Å². The molecule has 3 saturated heterocycles. The molecule has 0 spiro atoms. The van der Waals surface area contributed by atoms with Gasteiger partial charge in [0.25, 0.3) is 0 Å². The van der Waals surface area contributed by atoms with Crippen LogP contribution < -0.4 is 0 Å². The molecule has 1 aromatic heterocycles. The Hall–Kier alpha value is -1.96. The number of carbonyl (C=O) groups is 2. The van der Waals surface area contributed by atoms with Crippen molar-refractivity contribution in [3.8, 4) is 0 Å². The van der Waals surface area contributed by atoms with Crippen LogP contribution in [0.5, 0.6) is 0 Å². The number of rotatable bonds is 2. The first-order valence-electron chi connectivity index (χ1n) is 7.56. The molecule has 8 nitrogen and oxygen atoms in total. The molecule has 4 aliphatic rings. The number of hydrogen-bond acceptors (Lipinski definition) is 6. The predicted molar refractivity (Wildman–Crippen MR) is 73.4 cm³/mol. The summed E-state index contributed by atoms with van der Waals surface area (Å²) in [4.78, 5) is 25.3. The van der Waals surface area contributed by atoms with Gasteiger partial charge in [-0.15, -0.1) is 0 Å². The van der Waals surface area contributed by atoms with E-state index in [0.717, 1.165) is 24.2 Å². The third kappa shape index (κ3) is 3.27. The maximum Gasteiger partial charge on any atom is 0.414 e. The van der Waals surface area contributed by atoms with Gasteiger partial charge in [-0.1, -0.05) is 5.16 Å². The number of carboxylic acid groups (broad SMARTS) is 2. The molecule has 1 unspecified atom stereocenters. The van der Waals surface area contributed by atoms with Crippen molar-refractivity contribution in [2.45, 2.75) is 37.5 Å². The van der Waals surface area contributed by atoms with Crippen molar-refractivity contribution >= 4 is 11.9 Å². The van der Waals surface area contributed by atoms with Gasteiger partial charge in [0.2, 0.25) is 5.89 Å². The zero-order valence-corrected chi connectivity index (χ0v) is 12.1. The number of aliphatic carboxylic acids is 2. The van der Waals surface area contributed by atoms with Crippen molar-refractivity contribution in [2.24, 2.45) is 5.92 Å². The van der Waals surface area contributed by atoms with Crippen LogP contribution in [0.2, 0.25) is 0 Å². The molecule has 0 aromatic carbocycles. The Balaban J connectivity index is 0.000000209. The molecule has 0 radical (unpaired) electrons. The van der Waals surface area contributed by atoms with E-state index in [1.807, 2.05) is 0 Å². The summed E-state index contributed by atoms with van der Waals surface area (Å²) in [7, 11) is 0. The van der Waals surface area contributed by atoms with Gasteiger partial charge < -0.3 is 19.6 Å². The molecular weight excluding hydrogens is 290 g/mol. The summed E-state index contributed by atoms with van der Waals surface area (Å²) in [5.41, 5.74) is 0. The molecular formula is C14H19N3O5. The van der Waals surface area contributed by atoms with E-state index in [1.165, 1.54) is 38.8 Å². The Labute approximate surface area is 127 Å². The fraction of sp³-hybridized carbons (Fsp3) is 0.714. The molecule has 2 N–H and O–H groups in total. The number of carboxylic acids is 2. The molecule has 1 aliphatic carbocycles. The Kier molecular flexibility index (Phi) is 4.10. The van der Waals surface area contributed by atoms with Gasteiger partial charge in [-0.05, 0) is 44.7 Å². The van der Waals surface area contributed by atoms with Crippen LogP contribution in [0.1, 0.15) is 49.2 Å². The minimum atomic E-state index is -1.82. The normalized spacial score (nSPS) is 29.5. The van der Waals surface area contributed by atoms with Crippen molar-refractivity contribution in [1.82, 2.24) is 15.0 Å². The van der Waals surface area contributed by atoms with Crippen molar-refractivity contribution in [2.75, 3.05) is 19.6 Å². The summed E-state index contributed by atoms with van der Waals surface area (Å²) in [6.07, 6.45) is 5.11. The van der Waals surface area contributed by atoms with Crippen LogP contribution in [0.15, 0.2) is 4.52 Å². The van der Waals surface area contributed by atoms with E-state index in [0.29, 0.717) is 11.8 Å². The highest BCUT2D eigenvalue weighted by Gasteiger charge is 2.38. The molecule has 1 atom stereocenters. The highest BCUT2D eigenvalue weighted by atomic mass is 16.5. The van der Waals surface area contributed by atoms with E-state index < -0.39 is 11.9 Å². The maximum absolute atomic E-state index is 9.10. The third-order valence-electron chi connectivity index (χ3n) is 4.55. The minimum Gasteiger partial charge on any atom is -0.473 e. The summed E-state index contributed by atoms with van der Waals surface area (Å²) in [6, 6.07) is 0. The lowest BCUT2D eigenvalue weighted by Crippen LogP contribution is -2.46. The standard InChI is InChI=1S/C12H17N3O.C2H2O4/c1-2-9(1)12-13-11(14-16-12)10-7-15-5-3-8(10)4-6-15;3-1(4)2(5)6/h8-10H,1-7H2;(H,3,4)(H,5,6). The average Bonchev–Trinajstić information content (AvgIpc) is 3.26. The highest BCUT2D eigenvalue weighted by molar-refractivity contribution is 6.27. The number of nitrogens with zero attached hydrogens (tertiary/aromatic N) is 3. The fourth-order valence-electron chi connectivity index (χ4n) is 3.15. The van der Waals surface area contributed by atoms with E-state index in [-0.39, 0.29) is 0 Å². The van der Waals surface area contributed by atoms with Crippen molar-refractivity contribution in [1.29, 1.82) is 0 Å². The predicted octanol–water partition coefficient (Wildman–Crippen LogP) is 0.912. The summed E-state index contributed by atoms with van der Waals surface area (Å²) in [5.74, 6) is 0.156. The Morgan fingerprint density at radius 1 is 1.09 bits per heavy atom. The minimum absolute atomic E-state index is 0.541. The van der Waals surface area contributed by atoms with Crippen LogP contribution in [-0.4, -0.2) is 56.8 Å². The van der Waals surface area contributed by atoms with Gasteiger partial charge in [-0.25, -0.2) is 9.59 Å². The molecule has 120 valence electrons. The number of fused-ring (bicyclic) bond motifs is 3. The van der Waals surface area contributed by atoms with Crippen LogP contribution in [-0.2, 0) is 9.59 Å². The van der Waals surface area contributed by atoms with Crippen molar-refractivity contribution < 1.29 is 24.3 Å². The first-order chi connectivity index (χ1) is 10.5. The van der Waals surface area contributed by atoms with E-state index in [4.69, 9.17) is 24.3 Å². The van der Waals surface area contributed by atoms with E-state index in [9.17, 15) is 0 Å². The van der Waals surface area contributed by atoms with Crippen LogP contribution in [0.3, 0.4) is 0 Å². The topological polar surface area (TPSA) is 117 Å². The van der Waals surface area contributed by atoms with Gasteiger partial charge in [0.15, 0.2) is 5.82 Å². The lowest BCUT2D eigenvalue weighted by molar-refractivity contribution is -0.159. The average molecular weight is 309 g/mol. The first-order valence-corrected chi connectivity index (χ1v) is 7.56. The largest absolute Gasteiger partial charge is 0.473 e. The molecule has 3 aliphatic heterocycles. The van der Waals surface area contributed by atoms with Crippen LogP contribution in [0, 0.1) is 5.92 Å². The summed E-state index contributed by atoms with van der Waals surface area (Å²) in [5, 5.41) is 19.0. The lowest BCUT2D eigenvalue weighted by Gasteiger charge is -2.43. The first kappa shape index (κ1) is 15.0. The molecule has 22 heavy (non-hydrogen) atoms. The summed E-state index contributed by atoms with van der Waals surface area (Å²) < 4.78 is 5.37. The van der Waals surface area contributed by atoms with Crippen LogP contribution >= 0.6 is 0 Å². The quantitative estimate of drug-likeness (QED) is 0.774. The van der Waals surface area contributed by atoms with Gasteiger partial charge in [-0.3, -0.25) is 0 Å². The molecule has 8 heteroatoms. The van der Waals surface area contributed by atoms with Crippen LogP contribution in [0.4, 0.5) is 0 Å². The second-order valence-electron chi connectivity index (χ2n) is 6.12. The van der Waals surface area contributed by atoms with Gasteiger partial charge >= 0.3 is 11.9 Å². The highest BCUT2D eigenvalue weighted by Crippen LogP contribution is 2.41. The van der Waals surface area contributed by atoms with Gasteiger partial charge in [0, 0.05) is 18.4 Å². The van der Waals surface area contributed by atoms with E-state index >= 15 is 0 Å². The monoisotopic (exact) mass is 309 g/mol. The second kappa shape index (κ2) is 6.04. The second-order valence-corrected chi connectivity index (χ2v) is 6.12. The molecule has 4 heterocycles. The summed E-state index contributed by atoms with van der Waals surface area (Å²) >= 11 is 0. The Morgan fingerprint density at radius 2 is 1.73 bits per heavy atom. The molecule has 4 fully saturated rings. The summed E-state index contributed by atoms with van der Waals surface area (Å²) in [6.45, 7) is 3.69. The third-order valence-corrected chi connectivity index (χ3v) is 4.55. The molecule has 1 aromatic rings. The Bertz CT molecular complexity index is 549. The van der Waals surface area contributed by atoms with Gasteiger partial charge in [0.1, 0.15) is 0 Å². The molecule has 0 amide bonds. The maximum atomic E-state index is 9.10. The van der Waals surface area contributed by atoms with Crippen molar-refractivity contribution in [3.05, 3.63) is 11.7 Å². The van der Waals surface area contributed by atoms with Crippen molar-refractivity contribution in [3.63, 3.8) is 0 Å². The molecule has 2 bridgehead atoms. The SMILES string of the molecule is C1CC1c1nc(C2CN3CCC2CC3)no1.O=C(O)C(=O)O. The van der Waals surface area contributed by atoms with E-state index in [2.05, 4.69) is 15.0 Å². The smallest absolute Gasteiger partial charge is 0.414 e. The fourth-order valence-corrected chi connectivity index (χ4v) is 3.15. The number of aromatic nitrogens is 2.